The number of amides is 1. The molecule has 1 N–H and O–H groups in total. The number of rotatable bonds is 6. The number of carbonyl (C=O) groups is 1. The van der Waals surface area contributed by atoms with Crippen LogP contribution in [0, 0.1) is 0 Å². The average molecular weight is 326 g/mol. The Morgan fingerprint density at radius 1 is 1.00 bits per heavy atom. The summed E-state index contributed by atoms with van der Waals surface area (Å²) in [5, 5.41) is 3.11. The quantitative estimate of drug-likeness (QED) is 0.695. The van der Waals surface area contributed by atoms with Crippen LogP contribution in [-0.2, 0) is 4.79 Å². The van der Waals surface area contributed by atoms with Crippen molar-refractivity contribution in [2.24, 2.45) is 0 Å². The van der Waals surface area contributed by atoms with Crippen molar-refractivity contribution in [1.82, 2.24) is 15.0 Å². The van der Waals surface area contributed by atoms with Crippen LogP contribution >= 0.6 is 0 Å². The number of aromatic nitrogens is 3. The number of hydrogen-bond donors (Lipinski definition) is 1. The molecule has 24 heavy (non-hydrogen) atoms. The predicted octanol–water partition coefficient (Wildman–Crippen LogP) is 2.40. The highest BCUT2D eigenvalue weighted by atomic mass is 16.5. The number of anilines is 1. The molecule has 2 aromatic heterocycles. The topological polar surface area (TPSA) is 95.5 Å². The Hall–Kier alpha value is -3.42. The minimum atomic E-state index is 0.198. The van der Waals surface area contributed by atoms with Gasteiger partial charge < -0.3 is 14.2 Å². The third kappa shape index (κ3) is 3.02. The first-order valence-electron chi connectivity index (χ1n) is 6.96. The van der Waals surface area contributed by atoms with E-state index in [1.165, 1.54) is 12.4 Å². The molecule has 0 radical (unpaired) electrons. The van der Waals surface area contributed by atoms with Crippen LogP contribution in [-0.4, -0.2) is 35.6 Å². The molecule has 0 saturated heterocycles. The molecular weight excluding hydrogens is 312 g/mol. The van der Waals surface area contributed by atoms with Gasteiger partial charge in [-0.2, -0.15) is 0 Å². The lowest BCUT2D eigenvalue weighted by Gasteiger charge is -2.12. The van der Waals surface area contributed by atoms with E-state index < -0.39 is 0 Å². The normalized spacial score (nSPS) is 10.2. The van der Waals surface area contributed by atoms with Crippen molar-refractivity contribution in [2.75, 3.05) is 19.5 Å². The smallest absolute Gasteiger partial charge is 0.229 e. The van der Waals surface area contributed by atoms with Gasteiger partial charge in [0.25, 0.3) is 0 Å². The van der Waals surface area contributed by atoms with E-state index in [2.05, 4.69) is 20.3 Å². The summed E-state index contributed by atoms with van der Waals surface area (Å²) in [6.45, 7) is 0. The second kappa shape index (κ2) is 6.78. The van der Waals surface area contributed by atoms with Crippen molar-refractivity contribution in [3.8, 4) is 23.0 Å². The highest BCUT2D eigenvalue weighted by molar-refractivity contribution is 5.88. The second-order valence-corrected chi connectivity index (χ2v) is 4.64. The van der Waals surface area contributed by atoms with Gasteiger partial charge in [0.05, 0.1) is 32.1 Å². The fourth-order valence-corrected chi connectivity index (χ4v) is 2.16. The Balaban J connectivity index is 1.98. The number of ether oxygens (including phenoxy) is 3. The summed E-state index contributed by atoms with van der Waals surface area (Å²) >= 11 is 0. The number of fused-ring (bicyclic) bond motifs is 1. The minimum absolute atomic E-state index is 0.198. The zero-order chi connectivity index (χ0) is 16.9. The number of pyridine rings is 1. The van der Waals surface area contributed by atoms with Crippen molar-refractivity contribution in [2.45, 2.75) is 0 Å². The van der Waals surface area contributed by atoms with Crippen molar-refractivity contribution in [3.05, 3.63) is 36.8 Å². The number of nitrogens with one attached hydrogen (secondary N) is 1. The molecule has 0 aliphatic rings. The molecule has 0 atom stereocenters. The molecule has 0 spiro atoms. The van der Waals surface area contributed by atoms with E-state index in [1.807, 2.05) is 0 Å². The summed E-state index contributed by atoms with van der Waals surface area (Å²) in [6.07, 6.45) is 5.07. The molecule has 0 fully saturated rings. The van der Waals surface area contributed by atoms with E-state index in [1.54, 1.807) is 38.6 Å². The molecule has 1 aromatic carbocycles. The highest BCUT2D eigenvalue weighted by Crippen LogP contribution is 2.36. The monoisotopic (exact) mass is 326 g/mol. The molecule has 0 bridgehead atoms. The molecule has 0 aliphatic heterocycles. The summed E-state index contributed by atoms with van der Waals surface area (Å²) in [5.74, 6) is 2.35. The Labute approximate surface area is 137 Å². The van der Waals surface area contributed by atoms with Crippen LogP contribution in [0.15, 0.2) is 36.8 Å². The molecule has 3 aromatic rings. The second-order valence-electron chi connectivity index (χ2n) is 4.64. The van der Waals surface area contributed by atoms with Crippen molar-refractivity contribution in [1.29, 1.82) is 0 Å². The van der Waals surface area contributed by atoms with Crippen LogP contribution in [0.3, 0.4) is 0 Å². The predicted molar refractivity (Wildman–Crippen MR) is 86.6 cm³/mol. The van der Waals surface area contributed by atoms with Crippen molar-refractivity contribution in [3.63, 3.8) is 0 Å². The standard InChI is InChI=1S/C16H14N4O4/c1-22-14-5-11-12(6-15(14)23-2)17-4-3-13(11)24-10-7-18-16(19-8-10)20-9-21/h3-9H,1-2H3,(H,18,19,20,21). The van der Waals surface area contributed by atoms with Gasteiger partial charge in [-0.3, -0.25) is 15.1 Å². The Morgan fingerprint density at radius 3 is 2.38 bits per heavy atom. The van der Waals surface area contributed by atoms with E-state index in [0.717, 1.165) is 5.39 Å². The van der Waals surface area contributed by atoms with Crippen LogP contribution < -0.4 is 19.5 Å². The average Bonchev–Trinajstić information content (AvgIpc) is 2.62. The Kier molecular flexibility index (Phi) is 4.37. The van der Waals surface area contributed by atoms with Gasteiger partial charge in [0, 0.05) is 17.6 Å². The van der Waals surface area contributed by atoms with E-state index in [0.29, 0.717) is 34.9 Å². The first-order chi connectivity index (χ1) is 11.7. The van der Waals surface area contributed by atoms with E-state index >= 15 is 0 Å². The van der Waals surface area contributed by atoms with Gasteiger partial charge >= 0.3 is 0 Å². The fraction of sp³-hybridized carbons (Fsp3) is 0.125. The lowest BCUT2D eigenvalue weighted by atomic mass is 10.2. The minimum Gasteiger partial charge on any atom is -0.493 e. The molecule has 0 aliphatic carbocycles. The molecule has 0 unspecified atom stereocenters. The number of carbonyl (C=O) groups excluding carboxylic acids is 1. The largest absolute Gasteiger partial charge is 0.493 e. The molecule has 0 saturated carbocycles. The molecule has 122 valence electrons. The maximum atomic E-state index is 10.4. The third-order valence-electron chi connectivity index (χ3n) is 3.25. The summed E-state index contributed by atoms with van der Waals surface area (Å²) in [4.78, 5) is 22.6. The number of hydrogen-bond acceptors (Lipinski definition) is 7. The van der Waals surface area contributed by atoms with Gasteiger partial charge in [-0.1, -0.05) is 0 Å². The zero-order valence-corrected chi connectivity index (χ0v) is 13.0. The molecule has 3 rings (SSSR count). The SMILES string of the molecule is COc1cc2nccc(Oc3cnc(NC=O)nc3)c2cc1OC. The Bertz CT molecular complexity index is 868. The van der Waals surface area contributed by atoms with E-state index in [4.69, 9.17) is 14.2 Å². The van der Waals surface area contributed by atoms with Crippen LogP contribution in [0.25, 0.3) is 10.9 Å². The first-order valence-corrected chi connectivity index (χ1v) is 6.96. The van der Waals surface area contributed by atoms with Crippen LogP contribution in [0.2, 0.25) is 0 Å². The van der Waals surface area contributed by atoms with Crippen LogP contribution in [0.5, 0.6) is 23.0 Å². The maximum Gasteiger partial charge on any atom is 0.229 e. The van der Waals surface area contributed by atoms with Gasteiger partial charge in [-0.25, -0.2) is 9.97 Å². The molecule has 8 heteroatoms. The highest BCUT2D eigenvalue weighted by Gasteiger charge is 2.11. The van der Waals surface area contributed by atoms with Gasteiger partial charge in [-0.15, -0.1) is 0 Å². The van der Waals surface area contributed by atoms with Gasteiger partial charge in [0.15, 0.2) is 17.2 Å². The summed E-state index contributed by atoms with van der Waals surface area (Å²) < 4.78 is 16.4. The van der Waals surface area contributed by atoms with Crippen molar-refractivity contribution < 1.29 is 19.0 Å². The van der Waals surface area contributed by atoms with E-state index in [-0.39, 0.29) is 5.95 Å². The summed E-state index contributed by atoms with van der Waals surface area (Å²) in [7, 11) is 3.13. The lowest BCUT2D eigenvalue weighted by molar-refractivity contribution is -0.105. The van der Waals surface area contributed by atoms with Crippen LogP contribution in [0.4, 0.5) is 5.95 Å². The summed E-state index contributed by atoms with van der Waals surface area (Å²) in [5.41, 5.74) is 0.699. The molecular formula is C16H14N4O4. The maximum absolute atomic E-state index is 10.4. The van der Waals surface area contributed by atoms with E-state index in [9.17, 15) is 4.79 Å². The van der Waals surface area contributed by atoms with Gasteiger partial charge in [-0.05, 0) is 12.1 Å². The van der Waals surface area contributed by atoms with Gasteiger partial charge in [0.2, 0.25) is 12.4 Å². The van der Waals surface area contributed by atoms with Crippen molar-refractivity contribution >= 4 is 23.3 Å². The Morgan fingerprint density at radius 2 is 1.71 bits per heavy atom. The van der Waals surface area contributed by atoms with Gasteiger partial charge in [0.1, 0.15) is 5.75 Å². The number of nitrogens with zero attached hydrogens (tertiary/aromatic N) is 3. The molecule has 8 nitrogen and oxygen atoms in total. The summed E-state index contributed by atoms with van der Waals surface area (Å²) in [6, 6.07) is 5.29. The molecule has 1 amide bonds. The first kappa shape index (κ1) is 15.5. The third-order valence-corrected chi connectivity index (χ3v) is 3.25. The number of benzene rings is 1. The number of methoxy groups -OCH3 is 2. The zero-order valence-electron chi connectivity index (χ0n) is 13.0. The lowest BCUT2D eigenvalue weighted by Crippen LogP contribution is -1.99. The molecule has 2 heterocycles. The van der Waals surface area contributed by atoms with Crippen LogP contribution in [0.1, 0.15) is 0 Å². The fourth-order valence-electron chi connectivity index (χ4n) is 2.16.